The van der Waals surface area contributed by atoms with E-state index in [4.69, 9.17) is 10.2 Å². The second-order valence-corrected chi connectivity index (χ2v) is 5.23. The van der Waals surface area contributed by atoms with Crippen molar-refractivity contribution in [3.63, 3.8) is 0 Å². The highest BCUT2D eigenvalue weighted by molar-refractivity contribution is 7.80. The molecule has 8 heteroatoms. The lowest BCUT2D eigenvalue weighted by Gasteiger charge is -1.83. The summed E-state index contributed by atoms with van der Waals surface area (Å²) in [6.07, 6.45) is 1.95. The van der Waals surface area contributed by atoms with Crippen molar-refractivity contribution in [1.29, 1.82) is 0 Å². The highest BCUT2D eigenvalue weighted by Gasteiger charge is 1.86. The van der Waals surface area contributed by atoms with E-state index >= 15 is 0 Å². The van der Waals surface area contributed by atoms with E-state index in [0.717, 1.165) is 0 Å². The quantitative estimate of drug-likeness (QED) is 0.298. The summed E-state index contributed by atoms with van der Waals surface area (Å²) in [5.74, 6) is 0. The Morgan fingerprint density at radius 1 is 0.786 bits per heavy atom. The zero-order chi connectivity index (χ0) is 22.2. The van der Waals surface area contributed by atoms with Crippen molar-refractivity contribution in [2.24, 2.45) is 11.5 Å². The van der Waals surface area contributed by atoms with Gasteiger partial charge in [0.1, 0.15) is 0 Å². The van der Waals surface area contributed by atoms with Gasteiger partial charge >= 0.3 is 0 Å². The Hall–Kier alpha value is -2.68. The number of hydrogen-bond donors (Lipinski definition) is 6. The van der Waals surface area contributed by atoms with Crippen LogP contribution in [-0.2, 0) is 0 Å². The van der Waals surface area contributed by atoms with Crippen LogP contribution in [0.1, 0.15) is 13.8 Å². The predicted molar refractivity (Wildman–Crippen MR) is 130 cm³/mol. The minimum absolute atomic E-state index is 0.500. The molecule has 6 nitrogen and oxygen atoms in total. The van der Waals surface area contributed by atoms with E-state index in [1.54, 1.807) is 0 Å². The predicted octanol–water partition coefficient (Wildman–Crippen LogP) is 4.29. The second kappa shape index (κ2) is 24.3. The number of para-hydroxylation sites is 1. The Morgan fingerprint density at radius 2 is 1.11 bits per heavy atom. The molecule has 0 fully saturated rings. The van der Waals surface area contributed by atoms with E-state index in [9.17, 15) is 0 Å². The first-order chi connectivity index (χ1) is 13.3. The number of hydrogen-bond acceptors (Lipinski definition) is 3. The number of thiocarbonyl (C=S) groups is 2. The van der Waals surface area contributed by atoms with Crippen LogP contribution in [0.25, 0.3) is 10.9 Å². The fourth-order valence-electron chi connectivity index (χ4n) is 1.38. The summed E-state index contributed by atoms with van der Waals surface area (Å²) in [7, 11) is 3.75. The largest absolute Gasteiger partial charge is 0.487 e. The molecule has 0 aliphatic heterocycles. The number of nitrogens with two attached hydrogens (primary N) is 2. The number of aliphatic hydroxyl groups is 2. The third-order valence-corrected chi connectivity index (χ3v) is 2.13. The molecular formula is C20H32N4O2S2. The molecule has 0 atom stereocenters. The third kappa shape index (κ3) is 28.1. The van der Waals surface area contributed by atoms with Gasteiger partial charge in [-0.15, -0.1) is 0 Å². The van der Waals surface area contributed by atoms with Crippen molar-refractivity contribution in [2.45, 2.75) is 13.8 Å². The average Bonchev–Trinajstić information content (AvgIpc) is 3.14. The number of aliphatic hydroxyl groups excluding tert-OH is 2. The standard InChI is InChI=1S/C8H7N.C6H6.C2H7N.C2H6.2CH3NOS/c1-2-4-8-7(3-1)5-6-9-8;1-2-4-6-5-3-1;1-3-2;1-2;2*2-1(3)4/h1-6,9H;1-6H;3H,1-2H3;1-2H3;2*(H3,2,3,4). The molecular weight excluding hydrogens is 392 g/mol. The Labute approximate surface area is 178 Å². The molecule has 0 saturated carbocycles. The lowest BCUT2D eigenvalue weighted by atomic mass is 10.3. The first kappa shape index (κ1) is 30.1. The first-order valence-electron chi connectivity index (χ1n) is 8.42. The van der Waals surface area contributed by atoms with Gasteiger partial charge in [0, 0.05) is 11.7 Å². The summed E-state index contributed by atoms with van der Waals surface area (Å²) in [6.45, 7) is 4.00. The van der Waals surface area contributed by atoms with E-state index in [2.05, 4.69) is 64.4 Å². The molecule has 0 aliphatic carbocycles. The van der Waals surface area contributed by atoms with Crippen molar-refractivity contribution in [1.82, 2.24) is 10.3 Å². The maximum absolute atomic E-state index is 7.56. The van der Waals surface area contributed by atoms with E-state index < -0.39 is 10.3 Å². The molecule has 28 heavy (non-hydrogen) atoms. The van der Waals surface area contributed by atoms with Gasteiger partial charge in [-0.2, -0.15) is 0 Å². The number of aromatic amines is 1. The van der Waals surface area contributed by atoms with Crippen molar-refractivity contribution < 1.29 is 10.2 Å². The molecule has 3 rings (SSSR count). The Morgan fingerprint density at radius 3 is 1.43 bits per heavy atom. The summed E-state index contributed by atoms with van der Waals surface area (Å²) >= 11 is 7.74. The highest BCUT2D eigenvalue weighted by Crippen LogP contribution is 2.09. The molecule has 3 aromatic rings. The van der Waals surface area contributed by atoms with Crippen LogP contribution in [0.5, 0.6) is 0 Å². The molecule has 1 aromatic heterocycles. The van der Waals surface area contributed by atoms with Crippen molar-refractivity contribution in [2.75, 3.05) is 14.1 Å². The normalized spacial score (nSPS) is 7.57. The van der Waals surface area contributed by atoms with Gasteiger partial charge in [0.05, 0.1) is 0 Å². The van der Waals surface area contributed by atoms with E-state index in [0.29, 0.717) is 0 Å². The first-order valence-corrected chi connectivity index (χ1v) is 9.24. The number of aromatic nitrogens is 1. The molecule has 0 unspecified atom stereocenters. The van der Waals surface area contributed by atoms with Crippen LogP contribution in [0.15, 0.2) is 72.9 Å². The fourth-order valence-corrected chi connectivity index (χ4v) is 1.38. The Balaban J connectivity index is -0.000000292. The van der Waals surface area contributed by atoms with E-state index in [-0.39, 0.29) is 0 Å². The van der Waals surface area contributed by atoms with Gasteiger partial charge < -0.3 is 32.0 Å². The Bertz CT molecular complexity index is 631. The average molecular weight is 425 g/mol. The minimum atomic E-state index is -0.500. The zero-order valence-electron chi connectivity index (χ0n) is 16.8. The Kier molecular flexibility index (Phi) is 26.1. The molecule has 0 spiro atoms. The summed E-state index contributed by atoms with van der Waals surface area (Å²) < 4.78 is 0. The summed E-state index contributed by atoms with van der Waals surface area (Å²) in [6, 6.07) is 22.3. The molecule has 8 N–H and O–H groups in total. The number of rotatable bonds is 0. The summed E-state index contributed by atoms with van der Waals surface area (Å²) in [5.41, 5.74) is 10.0. The van der Waals surface area contributed by atoms with E-state index in [1.165, 1.54) is 10.9 Å². The van der Waals surface area contributed by atoms with Gasteiger partial charge in [-0.1, -0.05) is 68.4 Å². The summed E-state index contributed by atoms with van der Waals surface area (Å²) in [4.78, 5) is 3.12. The SMILES string of the molecule is CC.CNC.NC(O)=S.NC(O)=S.c1ccc2[nH]ccc2c1.c1ccccc1. The van der Waals surface area contributed by atoms with Crippen LogP contribution in [-0.4, -0.2) is 39.6 Å². The zero-order valence-corrected chi connectivity index (χ0v) is 18.4. The molecule has 1 heterocycles. The number of fused-ring (bicyclic) bond motifs is 1. The maximum atomic E-state index is 7.56. The van der Waals surface area contributed by atoms with Gasteiger partial charge in [0.2, 0.25) is 0 Å². The van der Waals surface area contributed by atoms with Crippen LogP contribution in [0.2, 0.25) is 0 Å². The lowest BCUT2D eigenvalue weighted by Crippen LogP contribution is -2.03. The van der Waals surface area contributed by atoms with Crippen LogP contribution < -0.4 is 16.8 Å². The van der Waals surface area contributed by atoms with Crippen LogP contribution in [0, 0.1) is 0 Å². The van der Waals surface area contributed by atoms with Gasteiger partial charge in [-0.25, -0.2) is 0 Å². The third-order valence-electron chi connectivity index (χ3n) is 2.13. The molecule has 156 valence electrons. The number of benzene rings is 2. The molecule has 0 radical (unpaired) electrons. The molecule has 2 aromatic carbocycles. The number of H-pyrrole nitrogens is 1. The monoisotopic (exact) mass is 424 g/mol. The lowest BCUT2D eigenvalue weighted by molar-refractivity contribution is 0.559. The van der Waals surface area contributed by atoms with Crippen LogP contribution >= 0.6 is 24.4 Å². The van der Waals surface area contributed by atoms with Gasteiger partial charge in [-0.05, 0) is 56.1 Å². The fraction of sp³-hybridized carbons (Fsp3) is 0.200. The van der Waals surface area contributed by atoms with Crippen LogP contribution in [0.3, 0.4) is 0 Å². The van der Waals surface area contributed by atoms with Crippen molar-refractivity contribution in [3.8, 4) is 0 Å². The maximum Gasteiger partial charge on any atom is 0.251 e. The van der Waals surface area contributed by atoms with Crippen molar-refractivity contribution in [3.05, 3.63) is 72.9 Å². The molecule has 0 aliphatic rings. The number of nitrogens with one attached hydrogen (secondary N) is 2. The van der Waals surface area contributed by atoms with Crippen LogP contribution in [0.4, 0.5) is 0 Å². The highest BCUT2D eigenvalue weighted by atomic mass is 32.1. The van der Waals surface area contributed by atoms with Crippen molar-refractivity contribution >= 4 is 45.7 Å². The van der Waals surface area contributed by atoms with E-state index in [1.807, 2.05) is 82.7 Å². The summed E-state index contributed by atoms with van der Waals surface area (Å²) in [5, 5.41) is 18.2. The molecule has 0 amide bonds. The van der Waals surface area contributed by atoms with Gasteiger partial charge in [0.15, 0.2) is 0 Å². The smallest absolute Gasteiger partial charge is 0.251 e. The second-order valence-electron chi connectivity index (χ2n) is 4.40. The minimum Gasteiger partial charge on any atom is -0.487 e. The molecule has 0 bridgehead atoms. The molecule has 0 saturated heterocycles. The van der Waals surface area contributed by atoms with Gasteiger partial charge in [0.25, 0.3) is 10.3 Å². The topological polar surface area (TPSA) is 120 Å². The van der Waals surface area contributed by atoms with Gasteiger partial charge in [-0.3, -0.25) is 0 Å².